The first-order valence-corrected chi connectivity index (χ1v) is 10.3. The highest BCUT2D eigenvalue weighted by Gasteiger charge is 2.44. The molecule has 1 aromatic carbocycles. The van der Waals surface area contributed by atoms with E-state index in [4.69, 9.17) is 4.74 Å². The first kappa shape index (κ1) is 22.2. The molecule has 31 heavy (non-hydrogen) atoms. The van der Waals surface area contributed by atoms with Crippen molar-refractivity contribution in [3.8, 4) is 0 Å². The molecule has 1 unspecified atom stereocenters. The quantitative estimate of drug-likeness (QED) is 0.651. The second kappa shape index (κ2) is 9.55. The first-order valence-electron chi connectivity index (χ1n) is 10.3. The van der Waals surface area contributed by atoms with Crippen LogP contribution < -0.4 is 0 Å². The van der Waals surface area contributed by atoms with E-state index in [-0.39, 0.29) is 36.8 Å². The number of hydrogen-bond donors (Lipinski definition) is 1. The monoisotopic (exact) mass is 422 g/mol. The fraction of sp³-hybridized carbons (Fsp3) is 0.333. The molecule has 3 rings (SSSR count). The number of aromatic nitrogens is 1. The topological polar surface area (TPSA) is 96.8 Å². The molecule has 1 atom stereocenters. The van der Waals surface area contributed by atoms with Crippen LogP contribution >= 0.6 is 0 Å². The molecule has 0 spiro atoms. The van der Waals surface area contributed by atoms with Gasteiger partial charge < -0.3 is 14.7 Å². The van der Waals surface area contributed by atoms with Crippen LogP contribution in [0.25, 0.3) is 0 Å². The van der Waals surface area contributed by atoms with Gasteiger partial charge in [-0.15, -0.1) is 0 Å². The molecule has 1 aliphatic heterocycles. The molecule has 0 saturated heterocycles. The van der Waals surface area contributed by atoms with Gasteiger partial charge in [0.2, 0.25) is 0 Å². The molecule has 0 radical (unpaired) electrons. The van der Waals surface area contributed by atoms with Gasteiger partial charge in [0.15, 0.2) is 11.5 Å². The van der Waals surface area contributed by atoms with Gasteiger partial charge in [0.05, 0.1) is 23.4 Å². The minimum Gasteiger partial charge on any atom is -0.503 e. The van der Waals surface area contributed by atoms with Crippen molar-refractivity contribution in [1.29, 1.82) is 0 Å². The predicted molar refractivity (Wildman–Crippen MR) is 114 cm³/mol. The zero-order valence-corrected chi connectivity index (χ0v) is 17.9. The summed E-state index contributed by atoms with van der Waals surface area (Å²) in [6.45, 7) is 5.98. The van der Waals surface area contributed by atoms with Gasteiger partial charge in [-0.3, -0.25) is 14.6 Å². The molecule has 1 aliphatic rings. The summed E-state index contributed by atoms with van der Waals surface area (Å²) in [4.78, 5) is 43.5. The number of amides is 1. The van der Waals surface area contributed by atoms with E-state index in [0.29, 0.717) is 11.3 Å². The average molecular weight is 422 g/mol. The normalized spacial score (nSPS) is 16.2. The Morgan fingerprint density at radius 3 is 2.45 bits per heavy atom. The second-order valence-electron chi connectivity index (χ2n) is 7.79. The lowest BCUT2D eigenvalue weighted by Crippen LogP contribution is -2.31. The van der Waals surface area contributed by atoms with Gasteiger partial charge >= 0.3 is 5.97 Å². The van der Waals surface area contributed by atoms with E-state index in [2.05, 4.69) is 4.98 Å². The molecule has 2 heterocycles. The average Bonchev–Trinajstić information content (AvgIpc) is 2.99. The van der Waals surface area contributed by atoms with Crippen molar-refractivity contribution in [2.75, 3.05) is 6.61 Å². The van der Waals surface area contributed by atoms with Gasteiger partial charge in [0.25, 0.3) is 5.91 Å². The number of ether oxygens (including phenoxy) is 1. The summed E-state index contributed by atoms with van der Waals surface area (Å²) in [5, 5.41) is 10.6. The molecule has 0 bridgehead atoms. The lowest BCUT2D eigenvalue weighted by atomic mass is 9.94. The summed E-state index contributed by atoms with van der Waals surface area (Å²) in [6.07, 6.45) is 1.81. The summed E-state index contributed by atoms with van der Waals surface area (Å²) >= 11 is 0. The van der Waals surface area contributed by atoms with E-state index >= 15 is 0 Å². The number of hydrogen-bond acceptors (Lipinski definition) is 6. The molecule has 7 nitrogen and oxygen atoms in total. The van der Waals surface area contributed by atoms with Crippen molar-refractivity contribution in [2.45, 2.75) is 39.8 Å². The lowest BCUT2D eigenvalue weighted by Gasteiger charge is -2.26. The summed E-state index contributed by atoms with van der Waals surface area (Å²) in [7, 11) is 0. The van der Waals surface area contributed by atoms with Crippen LogP contribution in [0.2, 0.25) is 0 Å². The second-order valence-corrected chi connectivity index (χ2v) is 7.79. The maximum atomic E-state index is 12.9. The molecule has 2 aromatic rings. The highest BCUT2D eigenvalue weighted by Crippen LogP contribution is 2.38. The van der Waals surface area contributed by atoms with Gasteiger partial charge in [0, 0.05) is 19.2 Å². The van der Waals surface area contributed by atoms with Crippen LogP contribution in [-0.2, 0) is 20.9 Å². The number of ketones is 1. The summed E-state index contributed by atoms with van der Waals surface area (Å²) in [5.74, 6) is -1.74. The molecule has 162 valence electrons. The Hall–Kier alpha value is -3.48. The summed E-state index contributed by atoms with van der Waals surface area (Å²) in [6, 6.07) is 11.2. The standard InChI is InChI=1S/C24H26N2O5/c1-4-31-24(30)17-10-8-16(9-11-17)14-26-21(18-7-5-6-12-25-18)20(22(28)23(26)29)19(27)13-15(2)3/h5-12,15,21,28H,4,13-14H2,1-3H3. The number of pyridine rings is 1. The van der Waals surface area contributed by atoms with Crippen LogP contribution in [0.1, 0.15) is 54.8 Å². The zero-order chi connectivity index (χ0) is 22.5. The maximum Gasteiger partial charge on any atom is 0.338 e. The number of benzene rings is 1. The van der Waals surface area contributed by atoms with E-state index in [1.165, 1.54) is 4.90 Å². The number of nitrogens with zero attached hydrogens (tertiary/aromatic N) is 2. The van der Waals surface area contributed by atoms with Crippen molar-refractivity contribution < 1.29 is 24.2 Å². The van der Waals surface area contributed by atoms with Gasteiger partial charge in [-0.05, 0) is 42.7 Å². The molecular formula is C24H26N2O5. The molecule has 7 heteroatoms. The third-order valence-corrected chi connectivity index (χ3v) is 4.98. The van der Waals surface area contributed by atoms with E-state index in [1.807, 2.05) is 13.8 Å². The Balaban J connectivity index is 1.93. The van der Waals surface area contributed by atoms with E-state index in [1.54, 1.807) is 55.6 Å². The third-order valence-electron chi connectivity index (χ3n) is 4.98. The van der Waals surface area contributed by atoms with Crippen LogP contribution in [0.15, 0.2) is 60.0 Å². The van der Waals surface area contributed by atoms with Crippen LogP contribution in [0, 0.1) is 5.92 Å². The van der Waals surface area contributed by atoms with Crippen molar-refractivity contribution >= 4 is 17.7 Å². The summed E-state index contributed by atoms with van der Waals surface area (Å²) < 4.78 is 4.99. The largest absolute Gasteiger partial charge is 0.503 e. The molecule has 1 N–H and O–H groups in total. The van der Waals surface area contributed by atoms with Crippen molar-refractivity contribution in [3.05, 3.63) is 76.8 Å². The Morgan fingerprint density at radius 2 is 1.87 bits per heavy atom. The number of aliphatic hydroxyl groups is 1. The number of rotatable bonds is 8. The van der Waals surface area contributed by atoms with Crippen LogP contribution in [0.3, 0.4) is 0 Å². The van der Waals surface area contributed by atoms with Crippen LogP contribution in [-0.4, -0.2) is 39.3 Å². The van der Waals surface area contributed by atoms with Gasteiger partial charge in [-0.25, -0.2) is 4.79 Å². The van der Waals surface area contributed by atoms with Crippen LogP contribution in [0.4, 0.5) is 0 Å². The van der Waals surface area contributed by atoms with Crippen molar-refractivity contribution in [2.24, 2.45) is 5.92 Å². The molecule has 1 aromatic heterocycles. The Morgan fingerprint density at radius 1 is 1.16 bits per heavy atom. The fourth-order valence-corrected chi connectivity index (χ4v) is 3.58. The van der Waals surface area contributed by atoms with E-state index in [9.17, 15) is 19.5 Å². The molecule has 0 saturated carbocycles. The highest BCUT2D eigenvalue weighted by molar-refractivity contribution is 6.08. The molecular weight excluding hydrogens is 396 g/mol. The van der Waals surface area contributed by atoms with E-state index < -0.39 is 23.7 Å². The Kier molecular flexibility index (Phi) is 6.84. The highest BCUT2D eigenvalue weighted by atomic mass is 16.5. The van der Waals surface area contributed by atoms with Crippen molar-refractivity contribution in [3.63, 3.8) is 0 Å². The minimum atomic E-state index is -0.773. The molecule has 0 fully saturated rings. The Labute approximate surface area is 181 Å². The first-order chi connectivity index (χ1) is 14.8. The fourth-order valence-electron chi connectivity index (χ4n) is 3.58. The van der Waals surface area contributed by atoms with Gasteiger partial charge in [-0.2, -0.15) is 0 Å². The zero-order valence-electron chi connectivity index (χ0n) is 17.9. The smallest absolute Gasteiger partial charge is 0.338 e. The van der Waals surface area contributed by atoms with Crippen molar-refractivity contribution in [1.82, 2.24) is 9.88 Å². The maximum absolute atomic E-state index is 12.9. The molecule has 0 aliphatic carbocycles. The lowest BCUT2D eigenvalue weighted by molar-refractivity contribution is -0.130. The number of Topliss-reactive ketones (excluding diaryl/α,β-unsaturated/α-hetero) is 1. The Bertz CT molecular complexity index is 996. The van der Waals surface area contributed by atoms with E-state index in [0.717, 1.165) is 5.56 Å². The van der Waals surface area contributed by atoms with Gasteiger partial charge in [0.1, 0.15) is 6.04 Å². The molecule has 1 amide bonds. The third kappa shape index (κ3) is 4.82. The number of carbonyl (C=O) groups excluding carboxylic acids is 3. The number of aliphatic hydroxyl groups excluding tert-OH is 1. The summed E-state index contributed by atoms with van der Waals surface area (Å²) in [5.41, 5.74) is 1.75. The predicted octanol–water partition coefficient (Wildman–Crippen LogP) is 3.77. The number of esters is 1. The minimum absolute atomic E-state index is 0.0803. The van der Waals surface area contributed by atoms with Gasteiger partial charge in [-0.1, -0.05) is 32.0 Å². The SMILES string of the molecule is CCOC(=O)c1ccc(CN2C(=O)C(O)=C(C(=O)CC(C)C)C2c2ccccn2)cc1. The number of carbonyl (C=O) groups is 3. The van der Waals surface area contributed by atoms with Crippen LogP contribution in [0.5, 0.6) is 0 Å².